The van der Waals surface area contributed by atoms with Crippen LogP contribution in [0.4, 0.5) is 0 Å². The number of para-hydroxylation sites is 3. The second-order valence-electron chi connectivity index (χ2n) is 14.2. The molecule has 0 amide bonds. The smallest absolute Gasteiger partial charge is 0.162 e. The Labute approximate surface area is 294 Å². The van der Waals surface area contributed by atoms with E-state index in [0.29, 0.717) is 5.82 Å². The fourth-order valence-electron chi connectivity index (χ4n) is 8.86. The third-order valence-electron chi connectivity index (χ3n) is 11.1. The van der Waals surface area contributed by atoms with E-state index < -0.39 is 0 Å². The average molecular weight is 653 g/mol. The summed E-state index contributed by atoms with van der Waals surface area (Å²) >= 11 is 0. The molecule has 240 valence electrons. The largest absolute Gasteiger partial charge is 0.309 e. The van der Waals surface area contributed by atoms with E-state index in [9.17, 15) is 0 Å². The SMILES string of the molecule is CC1(C)c2ccccc2-c2ccc3c4ccc(-n5c6ccccc6c6ccccc65)cc4n(-c4nc(-c5ccccc5)nc5ccccc45)c3c21. The minimum atomic E-state index is -0.224. The molecule has 11 rings (SSSR count). The van der Waals surface area contributed by atoms with Gasteiger partial charge in [-0.05, 0) is 58.7 Å². The lowest BCUT2D eigenvalue weighted by Gasteiger charge is -2.24. The van der Waals surface area contributed by atoms with Crippen molar-refractivity contribution in [3.63, 3.8) is 0 Å². The van der Waals surface area contributed by atoms with Crippen LogP contribution in [0, 0.1) is 0 Å². The van der Waals surface area contributed by atoms with Crippen molar-refractivity contribution in [2.45, 2.75) is 19.3 Å². The topological polar surface area (TPSA) is 35.6 Å². The van der Waals surface area contributed by atoms with Gasteiger partial charge in [0, 0.05) is 43.6 Å². The molecule has 0 bridgehead atoms. The fraction of sp³-hybridized carbons (Fsp3) is 0.0638. The Bertz CT molecular complexity index is 3000. The maximum atomic E-state index is 5.47. The van der Waals surface area contributed by atoms with Crippen molar-refractivity contribution in [3.8, 4) is 34.0 Å². The maximum absolute atomic E-state index is 5.47. The molecule has 1 aliphatic rings. The minimum Gasteiger partial charge on any atom is -0.309 e. The summed E-state index contributed by atoms with van der Waals surface area (Å²) in [6.45, 7) is 4.74. The standard InChI is InChI=1S/C47H32N4/c1-47(2)38-20-10-6-16-31(38)35-26-27-36-34-25-24-30(50-40-22-12-8-17-32(40)33-18-9-13-23-41(33)50)28-42(34)51(44(36)43(35)47)46-37-19-7-11-21-39(37)48-45(49-46)29-14-4-3-5-15-29/h3-28H,1-2H3. The lowest BCUT2D eigenvalue weighted by molar-refractivity contribution is 0.664. The van der Waals surface area contributed by atoms with Gasteiger partial charge in [0.1, 0.15) is 5.82 Å². The zero-order valence-electron chi connectivity index (χ0n) is 28.3. The highest BCUT2D eigenvalue weighted by Gasteiger charge is 2.38. The molecule has 7 aromatic carbocycles. The van der Waals surface area contributed by atoms with Crippen LogP contribution in [0.1, 0.15) is 25.0 Å². The summed E-state index contributed by atoms with van der Waals surface area (Å²) in [6.07, 6.45) is 0. The van der Waals surface area contributed by atoms with Crippen molar-refractivity contribution in [1.82, 2.24) is 19.1 Å². The van der Waals surface area contributed by atoms with E-state index in [1.54, 1.807) is 0 Å². The van der Waals surface area contributed by atoms with Crippen molar-refractivity contribution in [2.75, 3.05) is 0 Å². The summed E-state index contributed by atoms with van der Waals surface area (Å²) in [5.74, 6) is 1.60. The number of aromatic nitrogens is 4. The third-order valence-corrected chi connectivity index (χ3v) is 11.1. The number of hydrogen-bond donors (Lipinski definition) is 0. The highest BCUT2D eigenvalue weighted by Crippen LogP contribution is 2.53. The van der Waals surface area contributed by atoms with Crippen molar-refractivity contribution in [2.24, 2.45) is 0 Å². The Kier molecular flexibility index (Phi) is 5.70. The van der Waals surface area contributed by atoms with Crippen molar-refractivity contribution >= 4 is 54.5 Å². The average Bonchev–Trinajstić information content (AvgIpc) is 3.77. The third kappa shape index (κ3) is 3.85. The molecule has 4 nitrogen and oxygen atoms in total. The summed E-state index contributed by atoms with van der Waals surface area (Å²) in [5.41, 5.74) is 12.8. The van der Waals surface area contributed by atoms with Crippen LogP contribution in [0.3, 0.4) is 0 Å². The maximum Gasteiger partial charge on any atom is 0.162 e. The Balaban J connectivity index is 1.32. The molecule has 0 radical (unpaired) electrons. The molecule has 1 aliphatic carbocycles. The molecule has 0 N–H and O–H groups in total. The van der Waals surface area contributed by atoms with Crippen LogP contribution < -0.4 is 0 Å². The van der Waals surface area contributed by atoms with Gasteiger partial charge < -0.3 is 4.57 Å². The first-order valence-corrected chi connectivity index (χ1v) is 17.6. The Morgan fingerprint density at radius 2 is 1.10 bits per heavy atom. The van der Waals surface area contributed by atoms with E-state index >= 15 is 0 Å². The zero-order chi connectivity index (χ0) is 33.8. The molecule has 51 heavy (non-hydrogen) atoms. The fourth-order valence-corrected chi connectivity index (χ4v) is 8.86. The van der Waals surface area contributed by atoms with E-state index in [2.05, 4.69) is 175 Å². The van der Waals surface area contributed by atoms with Gasteiger partial charge >= 0.3 is 0 Å². The Hall–Kier alpha value is -6.52. The van der Waals surface area contributed by atoms with Gasteiger partial charge in [0.25, 0.3) is 0 Å². The Morgan fingerprint density at radius 1 is 0.471 bits per heavy atom. The van der Waals surface area contributed by atoms with E-state index in [4.69, 9.17) is 9.97 Å². The number of benzene rings is 7. The molecule has 0 saturated heterocycles. The molecule has 0 aliphatic heterocycles. The molecule has 0 fully saturated rings. The summed E-state index contributed by atoms with van der Waals surface area (Å²) in [7, 11) is 0. The summed E-state index contributed by atoms with van der Waals surface area (Å²) in [4.78, 5) is 10.6. The monoisotopic (exact) mass is 652 g/mol. The molecule has 0 saturated carbocycles. The quantitative estimate of drug-likeness (QED) is 0.190. The van der Waals surface area contributed by atoms with Crippen LogP contribution >= 0.6 is 0 Å². The zero-order valence-corrected chi connectivity index (χ0v) is 28.3. The molecule has 0 unspecified atom stereocenters. The normalized spacial score (nSPS) is 13.5. The Morgan fingerprint density at radius 3 is 1.88 bits per heavy atom. The summed E-state index contributed by atoms with van der Waals surface area (Å²) < 4.78 is 4.86. The van der Waals surface area contributed by atoms with Crippen molar-refractivity contribution in [1.29, 1.82) is 0 Å². The number of hydrogen-bond acceptors (Lipinski definition) is 2. The first-order chi connectivity index (χ1) is 25.1. The first-order valence-electron chi connectivity index (χ1n) is 17.6. The molecule has 3 heterocycles. The predicted molar refractivity (Wildman–Crippen MR) is 211 cm³/mol. The van der Waals surface area contributed by atoms with Gasteiger partial charge in [0.05, 0.1) is 27.6 Å². The van der Waals surface area contributed by atoms with Crippen LogP contribution in [-0.2, 0) is 5.41 Å². The van der Waals surface area contributed by atoms with Gasteiger partial charge in [0.2, 0.25) is 0 Å². The van der Waals surface area contributed by atoms with Crippen LogP contribution in [0.15, 0.2) is 158 Å². The highest BCUT2D eigenvalue weighted by molar-refractivity contribution is 6.15. The van der Waals surface area contributed by atoms with Gasteiger partial charge in [-0.15, -0.1) is 0 Å². The first kappa shape index (κ1) is 28.3. The van der Waals surface area contributed by atoms with Crippen LogP contribution in [-0.4, -0.2) is 19.1 Å². The van der Waals surface area contributed by atoms with Crippen LogP contribution in [0.25, 0.3) is 88.5 Å². The van der Waals surface area contributed by atoms with Gasteiger partial charge in [-0.25, -0.2) is 9.97 Å². The summed E-state index contributed by atoms with van der Waals surface area (Å²) in [6, 6.07) is 56.7. The predicted octanol–water partition coefficient (Wildman–Crippen LogP) is 11.8. The second-order valence-corrected chi connectivity index (χ2v) is 14.2. The van der Waals surface area contributed by atoms with Gasteiger partial charge in [-0.3, -0.25) is 4.57 Å². The molecule has 10 aromatic rings. The van der Waals surface area contributed by atoms with Crippen molar-refractivity contribution in [3.05, 3.63) is 169 Å². The number of rotatable bonds is 3. The van der Waals surface area contributed by atoms with Crippen LogP contribution in [0.2, 0.25) is 0 Å². The molecular weight excluding hydrogens is 621 g/mol. The number of nitrogens with zero attached hydrogens (tertiary/aromatic N) is 4. The van der Waals surface area contributed by atoms with Gasteiger partial charge in [-0.1, -0.05) is 135 Å². The van der Waals surface area contributed by atoms with Crippen molar-refractivity contribution < 1.29 is 0 Å². The van der Waals surface area contributed by atoms with Gasteiger partial charge in [0.15, 0.2) is 5.82 Å². The second kappa shape index (κ2) is 10.3. The lowest BCUT2D eigenvalue weighted by Crippen LogP contribution is -2.17. The van der Waals surface area contributed by atoms with E-state index in [1.165, 1.54) is 60.3 Å². The van der Waals surface area contributed by atoms with Gasteiger partial charge in [-0.2, -0.15) is 0 Å². The van der Waals surface area contributed by atoms with E-state index in [0.717, 1.165) is 33.5 Å². The lowest BCUT2D eigenvalue weighted by atomic mass is 9.81. The van der Waals surface area contributed by atoms with Crippen LogP contribution in [0.5, 0.6) is 0 Å². The highest BCUT2D eigenvalue weighted by atomic mass is 15.1. The summed E-state index contributed by atoms with van der Waals surface area (Å²) in [5, 5.41) is 5.94. The minimum absolute atomic E-state index is 0.224. The molecule has 4 heteroatoms. The van der Waals surface area contributed by atoms with E-state index in [1.807, 2.05) is 6.07 Å². The molecule has 0 atom stereocenters. The molecule has 3 aromatic heterocycles. The number of fused-ring (bicyclic) bond motifs is 11. The van der Waals surface area contributed by atoms with E-state index in [-0.39, 0.29) is 5.41 Å². The molecular formula is C47H32N4. The molecule has 0 spiro atoms.